The summed E-state index contributed by atoms with van der Waals surface area (Å²) < 4.78 is 4.73. The molecule has 0 heterocycles. The summed E-state index contributed by atoms with van der Waals surface area (Å²) in [4.78, 5) is 11.4. The maximum Gasteiger partial charge on any atom is 0.308 e. The molecule has 0 aliphatic carbocycles. The Kier molecular flexibility index (Phi) is 5.73. The molecule has 0 fully saturated rings. The van der Waals surface area contributed by atoms with Gasteiger partial charge in [0.05, 0.1) is 13.0 Å². The average Bonchev–Trinajstić information content (AvgIpc) is 2.55. The van der Waals surface area contributed by atoms with Gasteiger partial charge in [0.2, 0.25) is 0 Å². The van der Waals surface area contributed by atoms with E-state index in [1.165, 1.54) is 23.8 Å². The Bertz CT molecular complexity index is 593. The lowest BCUT2D eigenvalue weighted by atomic mass is 9.95. The van der Waals surface area contributed by atoms with Gasteiger partial charge >= 0.3 is 5.97 Å². The molecule has 0 radical (unpaired) electrons. The van der Waals surface area contributed by atoms with Crippen LogP contribution in [0.4, 0.5) is 0 Å². The average molecular weight is 297 g/mol. The Labute approximate surface area is 132 Å². The Hall–Kier alpha value is -2.13. The fourth-order valence-electron chi connectivity index (χ4n) is 2.60. The molecule has 0 aliphatic rings. The molecular weight excluding hydrogens is 274 g/mol. The SMILES string of the molecule is COC(=O)C(C)CC(N)Cc1ccc(-c2ccccc2)cc1. The molecule has 0 aromatic heterocycles. The van der Waals surface area contributed by atoms with Crippen LogP contribution in [0.3, 0.4) is 0 Å². The predicted molar refractivity (Wildman–Crippen MR) is 89.4 cm³/mol. The highest BCUT2D eigenvalue weighted by molar-refractivity contribution is 5.71. The zero-order chi connectivity index (χ0) is 15.9. The predicted octanol–water partition coefficient (Wildman–Crippen LogP) is 3.42. The first-order valence-corrected chi connectivity index (χ1v) is 7.58. The van der Waals surface area contributed by atoms with Crippen LogP contribution in [0.15, 0.2) is 54.6 Å². The van der Waals surface area contributed by atoms with Crippen molar-refractivity contribution in [1.82, 2.24) is 0 Å². The maximum absolute atomic E-state index is 11.4. The van der Waals surface area contributed by atoms with Crippen LogP contribution in [0, 0.1) is 5.92 Å². The van der Waals surface area contributed by atoms with Gasteiger partial charge in [0.25, 0.3) is 0 Å². The van der Waals surface area contributed by atoms with Crippen LogP contribution in [0.1, 0.15) is 18.9 Å². The van der Waals surface area contributed by atoms with Gasteiger partial charge in [-0.2, -0.15) is 0 Å². The summed E-state index contributed by atoms with van der Waals surface area (Å²) >= 11 is 0. The van der Waals surface area contributed by atoms with Crippen molar-refractivity contribution in [3.8, 4) is 11.1 Å². The molecule has 0 bridgehead atoms. The van der Waals surface area contributed by atoms with Crippen molar-refractivity contribution < 1.29 is 9.53 Å². The van der Waals surface area contributed by atoms with Crippen LogP contribution in [0.5, 0.6) is 0 Å². The highest BCUT2D eigenvalue weighted by Crippen LogP contribution is 2.20. The molecule has 3 heteroatoms. The third-order valence-electron chi connectivity index (χ3n) is 3.82. The van der Waals surface area contributed by atoms with E-state index in [2.05, 4.69) is 36.4 Å². The molecule has 3 nitrogen and oxygen atoms in total. The first kappa shape index (κ1) is 16.2. The lowest BCUT2D eigenvalue weighted by Crippen LogP contribution is -2.28. The van der Waals surface area contributed by atoms with E-state index in [1.54, 1.807) is 0 Å². The van der Waals surface area contributed by atoms with Crippen molar-refractivity contribution in [3.05, 3.63) is 60.2 Å². The van der Waals surface area contributed by atoms with Crippen molar-refractivity contribution in [2.45, 2.75) is 25.8 Å². The third kappa shape index (κ3) is 4.43. The van der Waals surface area contributed by atoms with E-state index in [0.717, 1.165) is 6.42 Å². The fraction of sp³-hybridized carbons (Fsp3) is 0.316. The summed E-state index contributed by atoms with van der Waals surface area (Å²) in [5.41, 5.74) is 9.73. The second-order valence-electron chi connectivity index (χ2n) is 5.69. The number of methoxy groups -OCH3 is 1. The van der Waals surface area contributed by atoms with Crippen molar-refractivity contribution in [2.24, 2.45) is 11.7 Å². The molecule has 0 saturated heterocycles. The summed E-state index contributed by atoms with van der Waals surface area (Å²) in [7, 11) is 1.41. The first-order chi connectivity index (χ1) is 10.6. The van der Waals surface area contributed by atoms with Crippen LogP contribution in [-0.2, 0) is 16.0 Å². The third-order valence-corrected chi connectivity index (χ3v) is 3.82. The van der Waals surface area contributed by atoms with E-state index < -0.39 is 0 Å². The second-order valence-corrected chi connectivity index (χ2v) is 5.69. The van der Waals surface area contributed by atoms with Gasteiger partial charge in [-0.15, -0.1) is 0 Å². The van der Waals surface area contributed by atoms with Crippen molar-refractivity contribution in [3.63, 3.8) is 0 Å². The number of carbonyl (C=O) groups is 1. The molecule has 0 spiro atoms. The second kappa shape index (κ2) is 7.76. The lowest BCUT2D eigenvalue weighted by molar-refractivity contribution is -0.145. The number of carbonyl (C=O) groups excluding carboxylic acids is 1. The number of nitrogens with two attached hydrogens (primary N) is 1. The van der Waals surface area contributed by atoms with Crippen molar-refractivity contribution in [1.29, 1.82) is 0 Å². The number of benzene rings is 2. The van der Waals surface area contributed by atoms with Crippen molar-refractivity contribution >= 4 is 5.97 Å². The molecule has 116 valence electrons. The topological polar surface area (TPSA) is 52.3 Å². The van der Waals surface area contributed by atoms with Gasteiger partial charge in [-0.25, -0.2) is 0 Å². The monoisotopic (exact) mass is 297 g/mol. The smallest absolute Gasteiger partial charge is 0.308 e. The van der Waals surface area contributed by atoms with Crippen molar-refractivity contribution in [2.75, 3.05) is 7.11 Å². The normalized spacial score (nSPS) is 13.4. The largest absolute Gasteiger partial charge is 0.469 e. The Morgan fingerprint density at radius 2 is 1.64 bits per heavy atom. The van der Waals surface area contributed by atoms with Gasteiger partial charge in [-0.1, -0.05) is 61.5 Å². The molecule has 2 unspecified atom stereocenters. The van der Waals surface area contributed by atoms with E-state index in [9.17, 15) is 4.79 Å². The summed E-state index contributed by atoms with van der Waals surface area (Å²) in [5, 5.41) is 0. The summed E-state index contributed by atoms with van der Waals surface area (Å²) in [6.45, 7) is 1.85. The molecule has 2 atom stereocenters. The number of rotatable bonds is 6. The molecule has 2 aromatic rings. The zero-order valence-corrected chi connectivity index (χ0v) is 13.2. The lowest BCUT2D eigenvalue weighted by Gasteiger charge is -2.16. The van der Waals surface area contributed by atoms with Crippen LogP contribution < -0.4 is 5.73 Å². The molecule has 0 saturated carbocycles. The minimum atomic E-state index is -0.199. The van der Waals surface area contributed by atoms with Gasteiger partial charge in [0.1, 0.15) is 0 Å². The van der Waals surface area contributed by atoms with Gasteiger partial charge in [-0.05, 0) is 29.5 Å². The van der Waals surface area contributed by atoms with E-state index in [0.29, 0.717) is 6.42 Å². The quantitative estimate of drug-likeness (QED) is 0.831. The molecule has 2 aromatic carbocycles. The first-order valence-electron chi connectivity index (χ1n) is 7.58. The standard InChI is InChI=1S/C19H23NO2/c1-14(19(21)22-2)12-18(20)13-15-8-10-17(11-9-15)16-6-4-3-5-7-16/h3-11,14,18H,12-13,20H2,1-2H3. The van der Waals surface area contributed by atoms with Crippen LogP contribution in [0.25, 0.3) is 11.1 Å². The molecule has 2 rings (SSSR count). The van der Waals surface area contributed by atoms with E-state index in [-0.39, 0.29) is 17.9 Å². The molecule has 22 heavy (non-hydrogen) atoms. The van der Waals surface area contributed by atoms with Gasteiger partial charge in [-0.3, -0.25) is 4.79 Å². The van der Waals surface area contributed by atoms with E-state index in [1.807, 2.05) is 25.1 Å². The molecule has 0 aliphatic heterocycles. The maximum atomic E-state index is 11.4. The van der Waals surface area contributed by atoms with Crippen LogP contribution >= 0.6 is 0 Å². The summed E-state index contributed by atoms with van der Waals surface area (Å²) in [6, 6.07) is 18.7. The number of esters is 1. The van der Waals surface area contributed by atoms with Crippen LogP contribution in [-0.4, -0.2) is 19.1 Å². The number of ether oxygens (including phenoxy) is 1. The van der Waals surface area contributed by atoms with Gasteiger partial charge in [0.15, 0.2) is 0 Å². The summed E-state index contributed by atoms with van der Waals surface area (Å²) in [5.74, 6) is -0.363. The van der Waals surface area contributed by atoms with Crippen LogP contribution in [0.2, 0.25) is 0 Å². The van der Waals surface area contributed by atoms with E-state index in [4.69, 9.17) is 10.5 Å². The highest BCUT2D eigenvalue weighted by Gasteiger charge is 2.17. The minimum absolute atomic E-state index is 0.0447. The summed E-state index contributed by atoms with van der Waals surface area (Å²) in [6.07, 6.45) is 1.39. The molecule has 0 amide bonds. The van der Waals surface area contributed by atoms with E-state index >= 15 is 0 Å². The van der Waals surface area contributed by atoms with Gasteiger partial charge in [0, 0.05) is 6.04 Å². The Balaban J connectivity index is 1.95. The fourth-order valence-corrected chi connectivity index (χ4v) is 2.60. The Morgan fingerprint density at radius 3 is 2.23 bits per heavy atom. The molecular formula is C19H23NO2. The number of hydrogen-bond acceptors (Lipinski definition) is 3. The van der Waals surface area contributed by atoms with Gasteiger partial charge < -0.3 is 10.5 Å². The Morgan fingerprint density at radius 1 is 1.05 bits per heavy atom. The molecule has 2 N–H and O–H groups in total. The minimum Gasteiger partial charge on any atom is -0.469 e. The number of hydrogen-bond donors (Lipinski definition) is 1. The zero-order valence-electron chi connectivity index (χ0n) is 13.2. The highest BCUT2D eigenvalue weighted by atomic mass is 16.5.